The highest BCUT2D eigenvalue weighted by Gasteiger charge is 2.40. The second-order valence-corrected chi connectivity index (χ2v) is 11.6. The lowest BCUT2D eigenvalue weighted by Crippen LogP contribution is -2.53. The summed E-state index contributed by atoms with van der Waals surface area (Å²) in [5.41, 5.74) is 1.48. The number of rotatable bonds is 4. The maximum Gasteiger partial charge on any atom is 0.410 e. The molecule has 0 spiro atoms. The van der Waals surface area contributed by atoms with Gasteiger partial charge in [-0.25, -0.2) is 9.78 Å². The Hall–Kier alpha value is -3.79. The molecule has 5 rings (SSSR count). The fraction of sp³-hybridized carbons (Fsp3) is 0.483. The van der Waals surface area contributed by atoms with Gasteiger partial charge in [0.05, 0.1) is 19.3 Å². The van der Waals surface area contributed by atoms with Gasteiger partial charge in [0.25, 0.3) is 5.91 Å². The predicted molar refractivity (Wildman–Crippen MR) is 144 cm³/mol. The van der Waals surface area contributed by atoms with E-state index in [4.69, 9.17) is 14.3 Å². The highest BCUT2D eigenvalue weighted by atomic mass is 16.7. The molecule has 1 atom stereocenters. The number of nitrogens with zero attached hydrogens (tertiary/aromatic N) is 4. The van der Waals surface area contributed by atoms with Crippen LogP contribution in [0.5, 0.6) is 0 Å². The quantitative estimate of drug-likeness (QED) is 0.577. The van der Waals surface area contributed by atoms with Crippen molar-refractivity contribution in [3.63, 3.8) is 0 Å². The van der Waals surface area contributed by atoms with Gasteiger partial charge in [-0.05, 0) is 71.2 Å². The molecular formula is C29H34N4O6. The molecule has 0 aliphatic carbocycles. The van der Waals surface area contributed by atoms with E-state index in [-0.39, 0.29) is 23.4 Å². The van der Waals surface area contributed by atoms with E-state index in [0.29, 0.717) is 49.7 Å². The van der Waals surface area contributed by atoms with Crippen LogP contribution in [0.1, 0.15) is 74.5 Å². The van der Waals surface area contributed by atoms with E-state index < -0.39 is 17.3 Å². The average molecular weight is 535 g/mol. The van der Waals surface area contributed by atoms with Crippen molar-refractivity contribution < 1.29 is 28.7 Å². The van der Waals surface area contributed by atoms with Gasteiger partial charge < -0.3 is 19.2 Å². The van der Waals surface area contributed by atoms with E-state index in [1.807, 2.05) is 26.8 Å². The van der Waals surface area contributed by atoms with Crippen molar-refractivity contribution in [3.8, 4) is 0 Å². The Kier molecular flexibility index (Phi) is 6.92. The van der Waals surface area contributed by atoms with Crippen LogP contribution in [-0.4, -0.2) is 63.7 Å². The molecule has 0 saturated carbocycles. The molecule has 39 heavy (non-hydrogen) atoms. The second kappa shape index (κ2) is 10.1. The molecule has 1 aromatic heterocycles. The zero-order chi connectivity index (χ0) is 27.9. The number of ether oxygens (including phenoxy) is 2. The number of benzene rings is 1. The summed E-state index contributed by atoms with van der Waals surface area (Å²) in [6.07, 6.45) is 2.71. The third-order valence-corrected chi connectivity index (χ3v) is 7.03. The number of amides is 2. The molecule has 10 nitrogen and oxygen atoms in total. The topological polar surface area (TPSA) is 111 Å². The van der Waals surface area contributed by atoms with Gasteiger partial charge in [0.2, 0.25) is 5.78 Å². The molecular weight excluding hydrogens is 500 g/mol. The molecule has 0 unspecified atom stereocenters. The number of carbonyl (C=O) groups excluding carboxylic acids is 3. The van der Waals surface area contributed by atoms with Crippen molar-refractivity contribution in [2.75, 3.05) is 18.0 Å². The molecule has 1 aromatic carbocycles. The highest BCUT2D eigenvalue weighted by molar-refractivity contribution is 6.49. The zero-order valence-electron chi connectivity index (χ0n) is 23.0. The van der Waals surface area contributed by atoms with Crippen molar-refractivity contribution in [3.05, 3.63) is 58.8 Å². The van der Waals surface area contributed by atoms with E-state index in [9.17, 15) is 14.4 Å². The number of anilines is 1. The summed E-state index contributed by atoms with van der Waals surface area (Å²) < 4.78 is 11.3. The van der Waals surface area contributed by atoms with Crippen molar-refractivity contribution >= 4 is 29.3 Å². The minimum atomic E-state index is -1.01. The Balaban J connectivity index is 1.46. The number of ketones is 1. The van der Waals surface area contributed by atoms with Crippen LogP contribution < -0.4 is 4.90 Å². The first-order valence-corrected chi connectivity index (χ1v) is 13.2. The number of carbonyl (C=O) groups is 3. The largest absolute Gasteiger partial charge is 0.444 e. The molecule has 4 heterocycles. The number of aromatic nitrogens is 1. The summed E-state index contributed by atoms with van der Waals surface area (Å²) in [4.78, 5) is 52.9. The third kappa shape index (κ3) is 5.38. The standard InChI is InChI=1S/C29H34N4O6/c1-28(2,3)38-27(36)32-14-6-7-21(15-32)33(25-22-17-37-16-20(22)12-13-30-25)26(35)19-10-8-18(9-11-19)23-24(34)29(4,5)39-31-23/h8-13,21H,6-7,14-17H2,1-5H3/t21-/m1/s1. The zero-order valence-corrected chi connectivity index (χ0v) is 23.0. The van der Waals surface area contributed by atoms with E-state index >= 15 is 0 Å². The van der Waals surface area contributed by atoms with Crippen molar-refractivity contribution in [2.45, 2.75) is 77.9 Å². The highest BCUT2D eigenvalue weighted by Crippen LogP contribution is 2.33. The Morgan fingerprint density at radius 3 is 2.54 bits per heavy atom. The normalized spacial score (nSPS) is 20.2. The Bertz CT molecular complexity index is 1330. The van der Waals surface area contributed by atoms with Crippen LogP contribution in [0.3, 0.4) is 0 Å². The van der Waals surface area contributed by atoms with E-state index in [1.165, 1.54) is 0 Å². The van der Waals surface area contributed by atoms with Crippen LogP contribution in [0.15, 0.2) is 41.7 Å². The molecule has 0 radical (unpaired) electrons. The van der Waals surface area contributed by atoms with Gasteiger partial charge >= 0.3 is 6.09 Å². The summed E-state index contributed by atoms with van der Waals surface area (Å²) in [6, 6.07) is 8.35. The number of hydrogen-bond donors (Lipinski definition) is 0. The van der Waals surface area contributed by atoms with Gasteiger partial charge in [-0.1, -0.05) is 17.3 Å². The van der Waals surface area contributed by atoms with Crippen LogP contribution in [0.2, 0.25) is 0 Å². The number of hydrogen-bond acceptors (Lipinski definition) is 8. The van der Waals surface area contributed by atoms with Gasteiger partial charge in [0.1, 0.15) is 11.4 Å². The van der Waals surface area contributed by atoms with Gasteiger partial charge in [0, 0.05) is 36.0 Å². The Labute approximate surface area is 227 Å². The van der Waals surface area contributed by atoms with E-state index in [2.05, 4.69) is 10.1 Å². The lowest BCUT2D eigenvalue weighted by atomic mass is 9.95. The van der Waals surface area contributed by atoms with Gasteiger partial charge in [0.15, 0.2) is 11.3 Å². The molecule has 0 N–H and O–H groups in total. The van der Waals surface area contributed by atoms with Gasteiger partial charge in [-0.2, -0.15) is 0 Å². The summed E-state index contributed by atoms with van der Waals surface area (Å²) in [6.45, 7) is 10.5. The fourth-order valence-electron chi connectivity index (χ4n) is 5.00. The second-order valence-electron chi connectivity index (χ2n) is 11.6. The van der Waals surface area contributed by atoms with Crippen LogP contribution in [0.4, 0.5) is 10.6 Å². The third-order valence-electron chi connectivity index (χ3n) is 7.03. The monoisotopic (exact) mass is 534 g/mol. The molecule has 206 valence electrons. The summed E-state index contributed by atoms with van der Waals surface area (Å²) in [5.74, 6) is 0.0824. The summed E-state index contributed by atoms with van der Waals surface area (Å²) in [7, 11) is 0. The SMILES string of the molecule is CC(C)(C)OC(=O)N1CCC[C@@H](N(C(=O)c2ccc(C3=NOC(C)(C)C3=O)cc2)c2nccc3c2COC3)C1. The van der Waals surface area contributed by atoms with E-state index in [0.717, 1.165) is 17.5 Å². The minimum Gasteiger partial charge on any atom is -0.444 e. The molecule has 10 heteroatoms. The first-order valence-electron chi connectivity index (χ1n) is 13.2. The van der Waals surface area contributed by atoms with Crippen LogP contribution in [-0.2, 0) is 32.3 Å². The molecule has 3 aliphatic rings. The number of oxime groups is 1. The van der Waals surface area contributed by atoms with Crippen molar-refractivity contribution in [1.82, 2.24) is 9.88 Å². The van der Waals surface area contributed by atoms with Crippen LogP contribution >= 0.6 is 0 Å². The minimum absolute atomic E-state index is 0.211. The Morgan fingerprint density at radius 1 is 1.13 bits per heavy atom. The Morgan fingerprint density at radius 2 is 1.87 bits per heavy atom. The fourth-order valence-corrected chi connectivity index (χ4v) is 5.00. The maximum atomic E-state index is 14.1. The number of fused-ring (bicyclic) bond motifs is 1. The van der Waals surface area contributed by atoms with Gasteiger partial charge in [-0.15, -0.1) is 0 Å². The summed E-state index contributed by atoms with van der Waals surface area (Å²) >= 11 is 0. The number of pyridine rings is 1. The van der Waals surface area contributed by atoms with Gasteiger partial charge in [-0.3, -0.25) is 14.5 Å². The molecule has 0 bridgehead atoms. The molecule has 1 fully saturated rings. The first kappa shape index (κ1) is 26.8. The summed E-state index contributed by atoms with van der Waals surface area (Å²) in [5, 5.41) is 3.96. The van der Waals surface area contributed by atoms with Crippen molar-refractivity contribution in [2.24, 2.45) is 5.16 Å². The lowest BCUT2D eigenvalue weighted by molar-refractivity contribution is -0.128. The molecule has 1 saturated heterocycles. The van der Waals surface area contributed by atoms with Crippen LogP contribution in [0.25, 0.3) is 0 Å². The van der Waals surface area contributed by atoms with E-state index in [1.54, 1.807) is 54.1 Å². The number of Topliss-reactive ketones (excluding diaryl/α,β-unsaturated/α-hetero) is 1. The molecule has 3 aliphatic heterocycles. The number of piperidine rings is 1. The lowest BCUT2D eigenvalue weighted by Gasteiger charge is -2.39. The maximum absolute atomic E-state index is 14.1. The van der Waals surface area contributed by atoms with Crippen molar-refractivity contribution in [1.29, 1.82) is 0 Å². The number of likely N-dealkylation sites (tertiary alicyclic amines) is 1. The predicted octanol–water partition coefficient (Wildman–Crippen LogP) is 4.24. The molecule has 2 amide bonds. The molecule has 2 aromatic rings. The average Bonchev–Trinajstić information content (AvgIpc) is 3.48. The first-order chi connectivity index (χ1) is 18.4. The van der Waals surface area contributed by atoms with Crippen LogP contribution in [0, 0.1) is 0 Å². The smallest absolute Gasteiger partial charge is 0.410 e.